The molecule has 1 saturated heterocycles. The van der Waals surface area contributed by atoms with Crippen LogP contribution in [0.4, 0.5) is 4.79 Å². The minimum Gasteiger partial charge on any atom is -0.465 e. The van der Waals surface area contributed by atoms with Gasteiger partial charge in [0.15, 0.2) is 0 Å². The van der Waals surface area contributed by atoms with Crippen LogP contribution in [0.5, 0.6) is 0 Å². The van der Waals surface area contributed by atoms with E-state index in [4.69, 9.17) is 0 Å². The average molecular weight is 240 g/mol. The number of likely N-dealkylation sites (tertiary alicyclic amines) is 1. The van der Waals surface area contributed by atoms with Crippen LogP contribution in [-0.4, -0.2) is 51.7 Å². The van der Waals surface area contributed by atoms with Crippen molar-refractivity contribution in [2.45, 2.75) is 64.1 Å². The zero-order valence-corrected chi connectivity index (χ0v) is 11.1. The first-order valence-corrected chi connectivity index (χ1v) is 6.66. The van der Waals surface area contributed by atoms with Gasteiger partial charge in [-0.2, -0.15) is 0 Å². The molecule has 2 fully saturated rings. The van der Waals surface area contributed by atoms with E-state index in [0.717, 1.165) is 25.6 Å². The Bertz CT molecular complexity index is 294. The van der Waals surface area contributed by atoms with Crippen molar-refractivity contribution in [2.75, 3.05) is 13.1 Å². The van der Waals surface area contributed by atoms with Crippen LogP contribution >= 0.6 is 0 Å². The van der Waals surface area contributed by atoms with Gasteiger partial charge in [0.2, 0.25) is 0 Å². The third-order valence-electron chi connectivity index (χ3n) is 4.08. The molecule has 0 radical (unpaired) electrons. The molecule has 0 aromatic heterocycles. The maximum atomic E-state index is 11.4. The number of carbonyl (C=O) groups is 1. The molecule has 98 valence electrons. The highest BCUT2D eigenvalue weighted by Crippen LogP contribution is 2.31. The summed E-state index contributed by atoms with van der Waals surface area (Å²) in [7, 11) is 0. The Kier molecular flexibility index (Phi) is 3.34. The first-order valence-electron chi connectivity index (χ1n) is 6.66. The van der Waals surface area contributed by atoms with Gasteiger partial charge in [-0.3, -0.25) is 9.80 Å². The van der Waals surface area contributed by atoms with E-state index in [1.54, 1.807) is 4.90 Å². The number of carboxylic acid groups (broad SMARTS) is 1. The molecule has 0 aromatic carbocycles. The number of amides is 1. The lowest BCUT2D eigenvalue weighted by Crippen LogP contribution is -2.52. The highest BCUT2D eigenvalue weighted by atomic mass is 16.4. The lowest BCUT2D eigenvalue weighted by Gasteiger charge is -2.39. The zero-order chi connectivity index (χ0) is 12.6. The molecule has 1 aliphatic heterocycles. The first kappa shape index (κ1) is 12.7. The lowest BCUT2D eigenvalue weighted by atomic mass is 9.92. The molecule has 0 aromatic rings. The van der Waals surface area contributed by atoms with E-state index >= 15 is 0 Å². The van der Waals surface area contributed by atoms with Crippen molar-refractivity contribution >= 4 is 6.09 Å². The fourth-order valence-corrected chi connectivity index (χ4v) is 3.05. The normalized spacial score (nSPS) is 26.9. The van der Waals surface area contributed by atoms with Crippen molar-refractivity contribution in [2.24, 2.45) is 0 Å². The summed E-state index contributed by atoms with van der Waals surface area (Å²) in [6.45, 7) is 7.93. The van der Waals surface area contributed by atoms with E-state index in [0.29, 0.717) is 0 Å². The smallest absolute Gasteiger partial charge is 0.408 e. The Morgan fingerprint density at radius 3 is 2.35 bits per heavy atom. The third kappa shape index (κ3) is 2.57. The zero-order valence-electron chi connectivity index (χ0n) is 11.1. The van der Waals surface area contributed by atoms with E-state index in [2.05, 4.69) is 4.90 Å². The molecule has 4 heteroatoms. The summed E-state index contributed by atoms with van der Waals surface area (Å²) >= 11 is 0. The number of nitrogens with zero attached hydrogens (tertiary/aromatic N) is 2. The Labute approximate surface area is 104 Å². The summed E-state index contributed by atoms with van der Waals surface area (Å²) in [4.78, 5) is 15.5. The minimum absolute atomic E-state index is 0.174. The second kappa shape index (κ2) is 4.48. The van der Waals surface area contributed by atoms with Gasteiger partial charge in [-0.05, 0) is 40.0 Å². The van der Waals surface area contributed by atoms with Gasteiger partial charge < -0.3 is 5.11 Å². The Hall–Kier alpha value is -0.770. The SMILES string of the molecule is CC(C)(C)N(C(=O)O)C1CCN(C2CCC2)C1. The Balaban J connectivity index is 1.99. The second-order valence-electron chi connectivity index (χ2n) is 6.35. The molecule has 1 aliphatic carbocycles. The second-order valence-corrected chi connectivity index (χ2v) is 6.35. The molecule has 1 amide bonds. The number of rotatable bonds is 2. The summed E-state index contributed by atoms with van der Waals surface area (Å²) in [5.41, 5.74) is -0.299. The maximum absolute atomic E-state index is 11.4. The highest BCUT2D eigenvalue weighted by molar-refractivity contribution is 5.66. The molecule has 1 unspecified atom stereocenters. The highest BCUT2D eigenvalue weighted by Gasteiger charge is 2.39. The summed E-state index contributed by atoms with van der Waals surface area (Å²) in [5, 5.41) is 9.37. The topological polar surface area (TPSA) is 43.8 Å². The van der Waals surface area contributed by atoms with Gasteiger partial charge in [-0.25, -0.2) is 4.79 Å². The predicted octanol–water partition coefficient (Wildman–Crippen LogP) is 2.39. The van der Waals surface area contributed by atoms with Crippen LogP contribution in [0.1, 0.15) is 46.5 Å². The van der Waals surface area contributed by atoms with Crippen LogP contribution < -0.4 is 0 Å². The Morgan fingerprint density at radius 1 is 1.29 bits per heavy atom. The molecule has 1 saturated carbocycles. The van der Waals surface area contributed by atoms with Crippen LogP contribution in [0.25, 0.3) is 0 Å². The molecule has 0 bridgehead atoms. The average Bonchev–Trinajstić information content (AvgIpc) is 2.46. The van der Waals surface area contributed by atoms with Crippen LogP contribution in [0.3, 0.4) is 0 Å². The van der Waals surface area contributed by atoms with Crippen LogP contribution in [-0.2, 0) is 0 Å². The van der Waals surface area contributed by atoms with Crippen molar-refractivity contribution in [3.8, 4) is 0 Å². The summed E-state index contributed by atoms with van der Waals surface area (Å²) < 4.78 is 0. The quantitative estimate of drug-likeness (QED) is 0.806. The van der Waals surface area contributed by atoms with Crippen molar-refractivity contribution in [3.63, 3.8) is 0 Å². The van der Waals surface area contributed by atoms with Crippen molar-refractivity contribution in [1.82, 2.24) is 9.80 Å². The van der Waals surface area contributed by atoms with E-state index in [1.807, 2.05) is 20.8 Å². The van der Waals surface area contributed by atoms with Gasteiger partial charge >= 0.3 is 6.09 Å². The number of hydrogen-bond donors (Lipinski definition) is 1. The van der Waals surface area contributed by atoms with Gasteiger partial charge in [0.25, 0.3) is 0 Å². The minimum atomic E-state index is -0.780. The first-order chi connectivity index (χ1) is 7.89. The van der Waals surface area contributed by atoms with Gasteiger partial charge in [0.05, 0.1) is 0 Å². The fourth-order valence-electron chi connectivity index (χ4n) is 3.05. The van der Waals surface area contributed by atoms with E-state index in [-0.39, 0.29) is 11.6 Å². The van der Waals surface area contributed by atoms with E-state index < -0.39 is 6.09 Å². The van der Waals surface area contributed by atoms with Crippen molar-refractivity contribution in [3.05, 3.63) is 0 Å². The molecule has 2 aliphatic rings. The van der Waals surface area contributed by atoms with Crippen LogP contribution in [0, 0.1) is 0 Å². The molecule has 0 spiro atoms. The van der Waals surface area contributed by atoms with Crippen LogP contribution in [0.15, 0.2) is 0 Å². The van der Waals surface area contributed by atoms with Gasteiger partial charge in [0.1, 0.15) is 0 Å². The van der Waals surface area contributed by atoms with E-state index in [9.17, 15) is 9.90 Å². The van der Waals surface area contributed by atoms with Gasteiger partial charge in [-0.1, -0.05) is 6.42 Å². The van der Waals surface area contributed by atoms with Crippen molar-refractivity contribution < 1.29 is 9.90 Å². The largest absolute Gasteiger partial charge is 0.465 e. The fraction of sp³-hybridized carbons (Fsp3) is 0.923. The monoisotopic (exact) mass is 240 g/mol. The van der Waals surface area contributed by atoms with Gasteiger partial charge in [0, 0.05) is 30.7 Å². The molecule has 1 N–H and O–H groups in total. The van der Waals surface area contributed by atoms with Crippen molar-refractivity contribution in [1.29, 1.82) is 0 Å². The maximum Gasteiger partial charge on any atom is 0.408 e. The summed E-state index contributed by atoms with van der Waals surface area (Å²) in [5.74, 6) is 0. The summed E-state index contributed by atoms with van der Waals surface area (Å²) in [6, 6.07) is 0.906. The number of hydrogen-bond acceptors (Lipinski definition) is 2. The van der Waals surface area contributed by atoms with Gasteiger partial charge in [-0.15, -0.1) is 0 Å². The lowest BCUT2D eigenvalue weighted by molar-refractivity contribution is 0.0664. The summed E-state index contributed by atoms with van der Waals surface area (Å²) in [6.07, 6.45) is 4.15. The third-order valence-corrected chi connectivity index (χ3v) is 4.08. The predicted molar refractivity (Wildman–Crippen MR) is 67.2 cm³/mol. The molecule has 1 heterocycles. The molecule has 4 nitrogen and oxygen atoms in total. The molecule has 1 atom stereocenters. The van der Waals surface area contributed by atoms with Crippen LogP contribution in [0.2, 0.25) is 0 Å². The molecule has 2 rings (SSSR count). The molecule has 17 heavy (non-hydrogen) atoms. The van der Waals surface area contributed by atoms with E-state index in [1.165, 1.54) is 19.3 Å². The standard InChI is InChI=1S/C13H24N2O2/c1-13(2,3)15(12(16)17)11-7-8-14(9-11)10-5-4-6-10/h10-11H,4-9H2,1-3H3,(H,16,17). The molecular formula is C13H24N2O2. The Morgan fingerprint density at radius 2 is 1.94 bits per heavy atom. The molecular weight excluding hydrogens is 216 g/mol.